The second-order valence-corrected chi connectivity index (χ2v) is 5.53. The first-order valence-corrected chi connectivity index (χ1v) is 6.93. The number of benzene rings is 2. The highest BCUT2D eigenvalue weighted by Gasteiger charge is 2.31. The van der Waals surface area contributed by atoms with Gasteiger partial charge in [-0.15, -0.1) is 0 Å². The van der Waals surface area contributed by atoms with Gasteiger partial charge in [0.25, 0.3) is 0 Å². The number of halogens is 3. The number of alkyl halides is 3. The Balaban J connectivity index is 2.33. The van der Waals surface area contributed by atoms with Gasteiger partial charge in [0.2, 0.25) is 0 Å². The Labute approximate surface area is 127 Å². The molecular weight excluding hydrogens is 291 g/mol. The van der Waals surface area contributed by atoms with Crippen LogP contribution in [0.4, 0.5) is 18.9 Å². The fourth-order valence-corrected chi connectivity index (χ4v) is 2.02. The topological polar surface area (TPSA) is 35.2 Å². The smallest absolute Gasteiger partial charge is 0.416 e. The van der Waals surface area contributed by atoms with Crippen LogP contribution in [-0.4, -0.2) is 0 Å². The summed E-state index contributed by atoms with van der Waals surface area (Å²) in [6, 6.07) is 8.91. The van der Waals surface area contributed by atoms with Crippen LogP contribution >= 0.6 is 0 Å². The molecule has 0 heterocycles. The van der Waals surface area contributed by atoms with Crippen molar-refractivity contribution >= 4 is 5.69 Å². The fourth-order valence-electron chi connectivity index (χ4n) is 2.02. The van der Waals surface area contributed by atoms with Crippen LogP contribution in [0.2, 0.25) is 0 Å². The van der Waals surface area contributed by atoms with E-state index in [2.05, 4.69) is 13.8 Å². The van der Waals surface area contributed by atoms with Crippen molar-refractivity contribution in [2.24, 2.45) is 0 Å². The average molecular weight is 309 g/mol. The quantitative estimate of drug-likeness (QED) is 0.758. The van der Waals surface area contributed by atoms with Gasteiger partial charge < -0.3 is 10.5 Å². The first kappa shape index (κ1) is 16.2. The van der Waals surface area contributed by atoms with E-state index in [1.807, 2.05) is 25.1 Å². The van der Waals surface area contributed by atoms with Gasteiger partial charge in [0.05, 0.1) is 11.3 Å². The van der Waals surface area contributed by atoms with Crippen molar-refractivity contribution in [1.82, 2.24) is 0 Å². The van der Waals surface area contributed by atoms with Crippen molar-refractivity contribution < 1.29 is 17.9 Å². The van der Waals surface area contributed by atoms with Crippen LogP contribution in [0.1, 0.15) is 36.5 Å². The number of nitrogens with two attached hydrogens (primary N) is 1. The van der Waals surface area contributed by atoms with E-state index in [1.165, 1.54) is 6.07 Å². The molecule has 0 fully saturated rings. The van der Waals surface area contributed by atoms with Crippen molar-refractivity contribution in [3.63, 3.8) is 0 Å². The summed E-state index contributed by atoms with van der Waals surface area (Å²) in [7, 11) is 0. The summed E-state index contributed by atoms with van der Waals surface area (Å²) in [5.74, 6) is 1.14. The minimum atomic E-state index is -4.42. The second kappa shape index (κ2) is 5.91. The third kappa shape index (κ3) is 3.53. The molecule has 0 saturated heterocycles. The molecule has 0 unspecified atom stereocenters. The lowest BCUT2D eigenvalue weighted by atomic mass is 10.0. The summed E-state index contributed by atoms with van der Waals surface area (Å²) in [5.41, 5.74) is 6.85. The third-order valence-corrected chi connectivity index (χ3v) is 3.44. The van der Waals surface area contributed by atoms with Crippen LogP contribution in [0.25, 0.3) is 0 Å². The summed E-state index contributed by atoms with van der Waals surface area (Å²) in [5, 5.41) is 0. The molecule has 0 aliphatic carbocycles. The van der Waals surface area contributed by atoms with Crippen LogP contribution in [0.15, 0.2) is 36.4 Å². The Morgan fingerprint density at radius 3 is 2.23 bits per heavy atom. The largest absolute Gasteiger partial charge is 0.455 e. The van der Waals surface area contributed by atoms with Gasteiger partial charge in [-0.2, -0.15) is 13.2 Å². The highest BCUT2D eigenvalue weighted by Crippen LogP contribution is 2.36. The lowest BCUT2D eigenvalue weighted by Crippen LogP contribution is -2.06. The van der Waals surface area contributed by atoms with E-state index < -0.39 is 11.7 Å². The van der Waals surface area contributed by atoms with Crippen molar-refractivity contribution in [3.05, 3.63) is 53.1 Å². The number of ether oxygens (including phenoxy) is 1. The molecule has 5 heteroatoms. The molecular formula is C17H18F3NO. The number of nitrogen functional groups attached to an aromatic ring is 1. The van der Waals surface area contributed by atoms with E-state index in [9.17, 15) is 13.2 Å². The summed E-state index contributed by atoms with van der Waals surface area (Å²) >= 11 is 0. The van der Waals surface area contributed by atoms with Crippen LogP contribution < -0.4 is 10.5 Å². The normalized spacial score (nSPS) is 11.8. The molecule has 0 amide bonds. The second-order valence-electron chi connectivity index (χ2n) is 5.53. The van der Waals surface area contributed by atoms with Gasteiger partial charge in [0.1, 0.15) is 11.5 Å². The lowest BCUT2D eigenvalue weighted by Gasteiger charge is -2.15. The molecule has 2 aromatic carbocycles. The molecule has 0 atom stereocenters. The van der Waals surface area contributed by atoms with Crippen LogP contribution in [0.5, 0.6) is 11.5 Å². The minimum absolute atomic E-state index is 0.0378. The molecule has 0 bridgehead atoms. The monoisotopic (exact) mass is 309 g/mol. The highest BCUT2D eigenvalue weighted by molar-refractivity contribution is 5.57. The van der Waals surface area contributed by atoms with Crippen LogP contribution in [0.3, 0.4) is 0 Å². The van der Waals surface area contributed by atoms with Crippen molar-refractivity contribution in [2.45, 2.75) is 32.9 Å². The van der Waals surface area contributed by atoms with Crippen LogP contribution in [0, 0.1) is 6.92 Å². The predicted octanol–water partition coefficient (Wildman–Crippen LogP) is 5.51. The van der Waals surface area contributed by atoms with Crippen molar-refractivity contribution in [2.75, 3.05) is 5.73 Å². The van der Waals surface area contributed by atoms with E-state index in [0.29, 0.717) is 11.7 Å². The molecule has 2 aromatic rings. The van der Waals surface area contributed by atoms with Gasteiger partial charge >= 0.3 is 6.18 Å². The molecule has 118 valence electrons. The number of anilines is 1. The summed E-state index contributed by atoms with van der Waals surface area (Å²) < 4.78 is 43.6. The first-order chi connectivity index (χ1) is 10.2. The number of aryl methyl sites for hydroxylation is 1. The zero-order valence-electron chi connectivity index (χ0n) is 12.7. The molecule has 22 heavy (non-hydrogen) atoms. The molecule has 0 spiro atoms. The van der Waals surface area contributed by atoms with Gasteiger partial charge in [-0.05, 0) is 48.2 Å². The Morgan fingerprint density at radius 1 is 1.00 bits per heavy atom. The summed E-state index contributed by atoms with van der Waals surface area (Å²) in [4.78, 5) is 0. The maximum Gasteiger partial charge on any atom is 0.416 e. The van der Waals surface area contributed by atoms with Crippen molar-refractivity contribution in [3.8, 4) is 11.5 Å². The molecule has 0 radical (unpaired) electrons. The van der Waals surface area contributed by atoms with E-state index in [4.69, 9.17) is 10.5 Å². The van der Waals surface area contributed by atoms with E-state index in [-0.39, 0.29) is 11.4 Å². The Hall–Kier alpha value is -2.17. The van der Waals surface area contributed by atoms with Crippen LogP contribution in [-0.2, 0) is 6.18 Å². The van der Waals surface area contributed by atoms with Gasteiger partial charge in [0.15, 0.2) is 0 Å². The summed E-state index contributed by atoms with van der Waals surface area (Å²) in [6.07, 6.45) is -4.42. The third-order valence-electron chi connectivity index (χ3n) is 3.44. The SMILES string of the molecule is Cc1ccc(C(C)C)cc1Oc1ccc(C(F)(F)F)cc1N. The zero-order valence-corrected chi connectivity index (χ0v) is 12.7. The molecule has 0 aliphatic heterocycles. The Morgan fingerprint density at radius 2 is 1.68 bits per heavy atom. The minimum Gasteiger partial charge on any atom is -0.455 e. The predicted molar refractivity (Wildman–Crippen MR) is 81.2 cm³/mol. The maximum absolute atomic E-state index is 12.6. The zero-order chi connectivity index (χ0) is 16.5. The highest BCUT2D eigenvalue weighted by atomic mass is 19.4. The standard InChI is InChI=1S/C17H18F3NO/c1-10(2)12-5-4-11(3)16(8-12)22-15-7-6-13(9-14(15)21)17(18,19)20/h4-10H,21H2,1-3H3. The number of rotatable bonds is 3. The molecule has 2 rings (SSSR count). The first-order valence-electron chi connectivity index (χ1n) is 6.93. The van der Waals surface area contributed by atoms with Gasteiger partial charge in [-0.3, -0.25) is 0 Å². The van der Waals surface area contributed by atoms with E-state index in [1.54, 1.807) is 0 Å². The van der Waals surface area contributed by atoms with Gasteiger partial charge in [-0.25, -0.2) is 0 Å². The molecule has 2 nitrogen and oxygen atoms in total. The average Bonchev–Trinajstić information content (AvgIpc) is 2.41. The molecule has 0 saturated carbocycles. The lowest BCUT2D eigenvalue weighted by molar-refractivity contribution is -0.137. The Kier molecular flexibility index (Phi) is 4.35. The molecule has 2 N–H and O–H groups in total. The van der Waals surface area contributed by atoms with E-state index in [0.717, 1.165) is 23.3 Å². The molecule has 0 aromatic heterocycles. The summed E-state index contributed by atoms with van der Waals surface area (Å²) in [6.45, 7) is 5.99. The number of hydrogen-bond acceptors (Lipinski definition) is 2. The molecule has 0 aliphatic rings. The number of hydrogen-bond donors (Lipinski definition) is 1. The Bertz CT molecular complexity index is 678. The van der Waals surface area contributed by atoms with Crippen molar-refractivity contribution in [1.29, 1.82) is 0 Å². The maximum atomic E-state index is 12.6. The van der Waals surface area contributed by atoms with E-state index >= 15 is 0 Å². The van der Waals surface area contributed by atoms with Gasteiger partial charge in [-0.1, -0.05) is 26.0 Å². The fraction of sp³-hybridized carbons (Fsp3) is 0.294. The van der Waals surface area contributed by atoms with Gasteiger partial charge in [0, 0.05) is 0 Å².